The van der Waals surface area contributed by atoms with Gasteiger partial charge in [-0.1, -0.05) is 19.9 Å². The Morgan fingerprint density at radius 2 is 1.85 bits per heavy atom. The molecule has 8 nitrogen and oxygen atoms in total. The second-order valence-electron chi connectivity index (χ2n) is 7.64. The van der Waals surface area contributed by atoms with Crippen LogP contribution in [0, 0.1) is 35.8 Å². The average Bonchev–Trinajstić information content (AvgIpc) is 2.56. The van der Waals surface area contributed by atoms with Gasteiger partial charge in [0.25, 0.3) is 0 Å². The van der Waals surface area contributed by atoms with Gasteiger partial charge in [-0.3, -0.25) is 10.1 Å². The molecule has 8 heteroatoms. The summed E-state index contributed by atoms with van der Waals surface area (Å²) >= 11 is 0. The summed E-state index contributed by atoms with van der Waals surface area (Å²) < 4.78 is 0. The molecule has 0 amide bonds. The van der Waals surface area contributed by atoms with E-state index in [9.17, 15) is 10.1 Å². The summed E-state index contributed by atoms with van der Waals surface area (Å²) in [5.41, 5.74) is 8.61. The number of aromatic nitrogens is 2. The largest absolute Gasteiger partial charge is 0.378 e. The van der Waals surface area contributed by atoms with Gasteiger partial charge in [0.2, 0.25) is 17.6 Å². The fraction of sp³-hybridized carbons (Fsp3) is 0.474. The summed E-state index contributed by atoms with van der Waals surface area (Å²) in [5, 5.41) is 14.6. The summed E-state index contributed by atoms with van der Waals surface area (Å²) in [7, 11) is 0. The summed E-state index contributed by atoms with van der Waals surface area (Å²) in [6.07, 6.45) is 1.15. The first-order chi connectivity index (χ1) is 12.7. The zero-order chi connectivity index (χ0) is 19.7. The van der Waals surface area contributed by atoms with Crippen LogP contribution in [0.15, 0.2) is 18.2 Å². The number of nitro groups is 1. The van der Waals surface area contributed by atoms with Gasteiger partial charge in [-0.05, 0) is 55.4 Å². The lowest BCUT2D eigenvalue weighted by Gasteiger charge is -2.35. The second-order valence-corrected chi connectivity index (χ2v) is 7.64. The van der Waals surface area contributed by atoms with E-state index < -0.39 is 4.92 Å². The number of nitrogens with one attached hydrogen (secondary N) is 1. The molecule has 3 rings (SSSR count). The van der Waals surface area contributed by atoms with Crippen LogP contribution in [0.4, 0.5) is 29.0 Å². The second kappa shape index (κ2) is 7.38. The number of hydrogen-bond donors (Lipinski definition) is 2. The van der Waals surface area contributed by atoms with Crippen LogP contribution >= 0.6 is 0 Å². The molecule has 1 aromatic carbocycles. The number of hydrogen-bond acceptors (Lipinski definition) is 7. The third-order valence-corrected chi connectivity index (χ3v) is 5.00. The third-order valence-electron chi connectivity index (χ3n) is 5.00. The van der Waals surface area contributed by atoms with Gasteiger partial charge in [0.1, 0.15) is 0 Å². The summed E-state index contributed by atoms with van der Waals surface area (Å²) in [5.74, 6) is 1.44. The van der Waals surface area contributed by atoms with E-state index in [1.165, 1.54) is 0 Å². The highest BCUT2D eigenvalue weighted by atomic mass is 16.6. The van der Waals surface area contributed by atoms with Gasteiger partial charge < -0.3 is 16.0 Å². The van der Waals surface area contributed by atoms with Gasteiger partial charge in [0, 0.05) is 18.8 Å². The van der Waals surface area contributed by atoms with Crippen LogP contribution < -0.4 is 16.0 Å². The van der Waals surface area contributed by atoms with Gasteiger partial charge >= 0.3 is 5.69 Å². The minimum absolute atomic E-state index is 0.122. The van der Waals surface area contributed by atoms with Gasteiger partial charge in [-0.15, -0.1) is 0 Å². The van der Waals surface area contributed by atoms with E-state index >= 15 is 0 Å². The van der Waals surface area contributed by atoms with Crippen LogP contribution in [0.25, 0.3) is 0 Å². The zero-order valence-electron chi connectivity index (χ0n) is 16.2. The topological polar surface area (TPSA) is 110 Å². The maximum atomic E-state index is 11.5. The van der Waals surface area contributed by atoms with Crippen molar-refractivity contribution in [3.63, 3.8) is 0 Å². The fourth-order valence-electron chi connectivity index (χ4n) is 3.65. The highest BCUT2D eigenvalue weighted by Crippen LogP contribution is 2.34. The lowest BCUT2D eigenvalue weighted by molar-refractivity contribution is -0.383. The lowest BCUT2D eigenvalue weighted by Crippen LogP contribution is -2.39. The Labute approximate surface area is 159 Å². The molecule has 1 aliphatic rings. The number of nitrogen functional groups attached to an aromatic ring is 1. The molecule has 3 N–H and O–H groups in total. The van der Waals surface area contributed by atoms with Crippen molar-refractivity contribution in [2.24, 2.45) is 11.8 Å². The van der Waals surface area contributed by atoms with E-state index in [1.54, 1.807) is 0 Å². The summed E-state index contributed by atoms with van der Waals surface area (Å²) in [4.78, 5) is 21.8. The average molecular weight is 370 g/mol. The maximum Gasteiger partial charge on any atom is 0.353 e. The molecule has 1 aromatic heterocycles. The summed E-state index contributed by atoms with van der Waals surface area (Å²) in [6, 6.07) is 5.76. The Balaban J connectivity index is 2.01. The number of aryl methyl sites for hydroxylation is 2. The van der Waals surface area contributed by atoms with Crippen LogP contribution in [0.5, 0.6) is 0 Å². The smallest absolute Gasteiger partial charge is 0.353 e. The van der Waals surface area contributed by atoms with E-state index in [-0.39, 0.29) is 17.3 Å². The Bertz CT molecular complexity index is 860. The van der Waals surface area contributed by atoms with Crippen molar-refractivity contribution in [1.29, 1.82) is 0 Å². The number of anilines is 4. The lowest BCUT2D eigenvalue weighted by atomic mass is 9.92. The number of piperidine rings is 1. The molecule has 1 saturated heterocycles. The molecule has 0 spiro atoms. The molecule has 0 aliphatic carbocycles. The van der Waals surface area contributed by atoms with E-state index in [4.69, 9.17) is 5.73 Å². The molecule has 0 unspecified atom stereocenters. The van der Waals surface area contributed by atoms with Crippen LogP contribution in [0.1, 0.15) is 31.4 Å². The van der Waals surface area contributed by atoms with Crippen LogP contribution in [-0.2, 0) is 0 Å². The molecule has 1 fully saturated rings. The van der Waals surface area contributed by atoms with Crippen LogP contribution in [-0.4, -0.2) is 28.0 Å². The molecule has 2 aromatic rings. The molecular weight excluding hydrogens is 344 g/mol. The minimum Gasteiger partial charge on any atom is -0.378 e. The first-order valence-corrected chi connectivity index (χ1v) is 9.15. The molecular formula is C19H26N6O2. The Morgan fingerprint density at radius 3 is 2.44 bits per heavy atom. The number of nitrogens with zero attached hydrogens (tertiary/aromatic N) is 4. The van der Waals surface area contributed by atoms with Crippen LogP contribution in [0.3, 0.4) is 0 Å². The zero-order valence-corrected chi connectivity index (χ0v) is 16.2. The SMILES string of the molecule is Cc1ccc(Nc2nc(N3C[C@@H](C)C[C@H](C)C3)nc(N)c2[N+](=O)[O-])cc1C. The maximum absolute atomic E-state index is 11.5. The molecule has 0 bridgehead atoms. The third kappa shape index (κ3) is 4.10. The Morgan fingerprint density at radius 1 is 1.19 bits per heavy atom. The van der Waals surface area contributed by atoms with E-state index in [0.29, 0.717) is 17.8 Å². The highest BCUT2D eigenvalue weighted by Gasteiger charge is 2.28. The summed E-state index contributed by atoms with van der Waals surface area (Å²) in [6.45, 7) is 10.00. The van der Waals surface area contributed by atoms with Crippen molar-refractivity contribution < 1.29 is 4.92 Å². The number of benzene rings is 1. The molecule has 0 radical (unpaired) electrons. The number of nitrogens with two attached hydrogens (primary N) is 1. The van der Waals surface area contributed by atoms with E-state index in [0.717, 1.165) is 36.3 Å². The molecule has 2 heterocycles. The standard InChI is InChI=1S/C19H26N6O2/c1-11-7-12(2)10-24(9-11)19-22-17(20)16(25(26)27)18(23-19)21-15-6-5-13(3)14(4)8-15/h5-6,8,11-12H,7,9-10H2,1-4H3,(H3,20,21,22,23)/t11-,12-/m0/s1. The van der Waals surface area contributed by atoms with E-state index in [1.807, 2.05) is 32.0 Å². The predicted octanol–water partition coefficient (Wildman–Crippen LogP) is 3.81. The van der Waals surface area contributed by atoms with Crippen molar-refractivity contribution in [1.82, 2.24) is 9.97 Å². The van der Waals surface area contributed by atoms with Crippen molar-refractivity contribution in [2.45, 2.75) is 34.1 Å². The van der Waals surface area contributed by atoms with Crippen molar-refractivity contribution >= 4 is 29.0 Å². The highest BCUT2D eigenvalue weighted by molar-refractivity contribution is 5.74. The molecule has 144 valence electrons. The van der Waals surface area contributed by atoms with Crippen molar-refractivity contribution in [3.8, 4) is 0 Å². The van der Waals surface area contributed by atoms with Gasteiger partial charge in [-0.2, -0.15) is 9.97 Å². The Hall–Kier alpha value is -2.90. The monoisotopic (exact) mass is 370 g/mol. The molecule has 1 aliphatic heterocycles. The predicted molar refractivity (Wildman–Crippen MR) is 107 cm³/mol. The first kappa shape index (κ1) is 18.9. The van der Waals surface area contributed by atoms with Crippen molar-refractivity contribution in [2.75, 3.05) is 29.0 Å². The van der Waals surface area contributed by atoms with Crippen LogP contribution in [0.2, 0.25) is 0 Å². The fourth-order valence-corrected chi connectivity index (χ4v) is 3.65. The molecule has 0 saturated carbocycles. The van der Waals surface area contributed by atoms with Gasteiger partial charge in [0.15, 0.2) is 0 Å². The molecule has 27 heavy (non-hydrogen) atoms. The normalized spacial score (nSPS) is 19.8. The minimum atomic E-state index is -0.538. The Kier molecular flexibility index (Phi) is 5.16. The molecule has 2 atom stereocenters. The quantitative estimate of drug-likeness (QED) is 0.622. The number of rotatable bonds is 4. The first-order valence-electron chi connectivity index (χ1n) is 9.15. The van der Waals surface area contributed by atoms with Gasteiger partial charge in [-0.25, -0.2) is 0 Å². The van der Waals surface area contributed by atoms with E-state index in [2.05, 4.69) is 34.0 Å². The van der Waals surface area contributed by atoms with Crippen molar-refractivity contribution in [3.05, 3.63) is 39.4 Å². The van der Waals surface area contributed by atoms with Gasteiger partial charge in [0.05, 0.1) is 4.92 Å².